The standard InChI is InChI=1S/C21H14BrF3N4O4S2/c1-33-20(30)16-15(22)17(29(27-16)14-9-4-3-8-13(14)21(23,24)25)19-26-18(28-34-19)11-6-5-7-12(10-11)35(2,31)32/h3-10H,1-2H3. The zero-order chi connectivity index (χ0) is 25.5. The topological polar surface area (TPSA) is 104 Å². The van der Waals surface area contributed by atoms with Gasteiger partial charge in [0.1, 0.15) is 5.69 Å². The summed E-state index contributed by atoms with van der Waals surface area (Å²) < 4.78 is 75.0. The summed E-state index contributed by atoms with van der Waals surface area (Å²) in [5.41, 5.74) is -1.12. The van der Waals surface area contributed by atoms with E-state index in [2.05, 4.69) is 30.4 Å². The zero-order valence-electron chi connectivity index (χ0n) is 17.9. The number of carbonyl (C=O) groups is 1. The Bertz CT molecular complexity index is 1550. The average Bonchev–Trinajstić information content (AvgIpc) is 3.42. The van der Waals surface area contributed by atoms with E-state index in [1.807, 2.05) is 0 Å². The maximum atomic E-state index is 13.7. The molecule has 0 spiro atoms. The number of alkyl halides is 3. The minimum atomic E-state index is -4.70. The average molecular weight is 587 g/mol. The molecule has 182 valence electrons. The van der Waals surface area contributed by atoms with Crippen molar-refractivity contribution in [2.45, 2.75) is 11.1 Å². The van der Waals surface area contributed by atoms with Gasteiger partial charge in [-0.3, -0.25) is 0 Å². The van der Waals surface area contributed by atoms with Crippen LogP contribution in [0.5, 0.6) is 0 Å². The van der Waals surface area contributed by atoms with Gasteiger partial charge in [-0.1, -0.05) is 24.3 Å². The molecule has 35 heavy (non-hydrogen) atoms. The number of nitrogens with zero attached hydrogens (tertiary/aromatic N) is 4. The van der Waals surface area contributed by atoms with Crippen molar-refractivity contribution in [2.24, 2.45) is 0 Å². The second kappa shape index (κ2) is 9.17. The van der Waals surface area contributed by atoms with Crippen LogP contribution in [-0.2, 0) is 20.8 Å². The highest BCUT2D eigenvalue weighted by Gasteiger charge is 2.36. The molecule has 0 aliphatic carbocycles. The third-order valence-electron chi connectivity index (χ3n) is 4.79. The Kier molecular flexibility index (Phi) is 6.55. The molecule has 0 aliphatic rings. The number of sulfone groups is 1. The SMILES string of the molecule is COC(=O)c1nn(-c2ccccc2C(F)(F)F)c(-c2nc(-c3cccc(S(C)(=O)=O)c3)ns2)c1Br. The summed E-state index contributed by atoms with van der Waals surface area (Å²) in [6.07, 6.45) is -3.63. The van der Waals surface area contributed by atoms with E-state index < -0.39 is 27.5 Å². The Morgan fingerprint density at radius 2 is 1.86 bits per heavy atom. The number of esters is 1. The number of halogens is 4. The van der Waals surface area contributed by atoms with E-state index in [-0.39, 0.29) is 37.3 Å². The van der Waals surface area contributed by atoms with Crippen molar-refractivity contribution in [1.29, 1.82) is 0 Å². The molecule has 2 heterocycles. The Morgan fingerprint density at radius 3 is 2.51 bits per heavy atom. The number of carbonyl (C=O) groups excluding carboxylic acids is 1. The highest BCUT2D eigenvalue weighted by atomic mass is 79.9. The van der Waals surface area contributed by atoms with Crippen LogP contribution in [0.3, 0.4) is 0 Å². The first-order valence-corrected chi connectivity index (χ1v) is 13.1. The van der Waals surface area contributed by atoms with Gasteiger partial charge in [0.05, 0.1) is 27.7 Å². The summed E-state index contributed by atoms with van der Waals surface area (Å²) in [6, 6.07) is 10.7. The number of rotatable bonds is 5. The third kappa shape index (κ3) is 4.86. The third-order valence-corrected chi connectivity index (χ3v) is 7.38. The van der Waals surface area contributed by atoms with Crippen molar-refractivity contribution >= 4 is 43.3 Å². The molecule has 0 N–H and O–H groups in total. The Hall–Kier alpha value is -3.10. The Labute approximate surface area is 209 Å². The number of ether oxygens (including phenoxy) is 1. The zero-order valence-corrected chi connectivity index (χ0v) is 21.1. The molecule has 8 nitrogen and oxygen atoms in total. The van der Waals surface area contributed by atoms with Gasteiger partial charge in [-0.05, 0) is 51.7 Å². The first-order chi connectivity index (χ1) is 16.4. The van der Waals surface area contributed by atoms with Crippen molar-refractivity contribution in [3.05, 3.63) is 64.3 Å². The lowest BCUT2D eigenvalue weighted by Gasteiger charge is -2.14. The number of aromatic nitrogens is 4. The summed E-state index contributed by atoms with van der Waals surface area (Å²) in [5.74, 6) is -0.717. The minimum Gasteiger partial charge on any atom is -0.464 e. The van der Waals surface area contributed by atoms with Crippen molar-refractivity contribution in [3.63, 3.8) is 0 Å². The van der Waals surface area contributed by atoms with Crippen LogP contribution < -0.4 is 0 Å². The molecule has 4 aromatic rings. The summed E-state index contributed by atoms with van der Waals surface area (Å²) in [7, 11) is -2.37. The van der Waals surface area contributed by atoms with E-state index in [1.54, 1.807) is 6.07 Å². The Balaban J connectivity index is 1.92. The predicted octanol–water partition coefficient (Wildman–Crippen LogP) is 5.03. The summed E-state index contributed by atoms with van der Waals surface area (Å²) >= 11 is 4.10. The fourth-order valence-electron chi connectivity index (χ4n) is 3.19. The van der Waals surface area contributed by atoms with Crippen LogP contribution in [-0.4, -0.2) is 46.9 Å². The van der Waals surface area contributed by atoms with Crippen molar-refractivity contribution in [2.75, 3.05) is 13.4 Å². The molecule has 14 heteroatoms. The highest BCUT2D eigenvalue weighted by Crippen LogP contribution is 2.40. The van der Waals surface area contributed by atoms with Crippen LogP contribution in [0.15, 0.2) is 57.9 Å². The maximum absolute atomic E-state index is 13.7. The first kappa shape index (κ1) is 25.0. The molecular formula is C21H14BrF3N4O4S2. The molecule has 0 fully saturated rings. The number of hydrogen-bond acceptors (Lipinski definition) is 8. The lowest BCUT2D eigenvalue weighted by Crippen LogP contribution is -2.12. The van der Waals surface area contributed by atoms with Crippen molar-refractivity contribution < 1.29 is 31.1 Å². The fraction of sp³-hybridized carbons (Fsp3) is 0.143. The summed E-state index contributed by atoms with van der Waals surface area (Å²) in [5, 5.41) is 4.22. The number of methoxy groups -OCH3 is 1. The van der Waals surface area contributed by atoms with Gasteiger partial charge in [0, 0.05) is 11.8 Å². The van der Waals surface area contributed by atoms with Crippen LogP contribution in [0.1, 0.15) is 16.1 Å². The van der Waals surface area contributed by atoms with E-state index in [1.165, 1.54) is 36.4 Å². The minimum absolute atomic E-state index is 0.0464. The lowest BCUT2D eigenvalue weighted by atomic mass is 10.1. The van der Waals surface area contributed by atoms with E-state index >= 15 is 0 Å². The molecule has 0 unspecified atom stereocenters. The van der Waals surface area contributed by atoms with Gasteiger partial charge >= 0.3 is 12.1 Å². The van der Waals surface area contributed by atoms with Crippen LogP contribution in [0, 0.1) is 0 Å². The second-order valence-corrected chi connectivity index (χ2v) is 10.7. The monoisotopic (exact) mass is 586 g/mol. The van der Waals surface area contributed by atoms with Gasteiger partial charge in [0.15, 0.2) is 26.4 Å². The highest BCUT2D eigenvalue weighted by molar-refractivity contribution is 9.10. The van der Waals surface area contributed by atoms with Crippen LogP contribution in [0.25, 0.3) is 27.8 Å². The van der Waals surface area contributed by atoms with Crippen molar-refractivity contribution in [1.82, 2.24) is 19.1 Å². The van der Waals surface area contributed by atoms with E-state index in [9.17, 15) is 26.4 Å². The van der Waals surface area contributed by atoms with Gasteiger partial charge in [-0.15, -0.1) is 0 Å². The second-order valence-electron chi connectivity index (χ2n) is 7.15. The smallest absolute Gasteiger partial charge is 0.418 e. The first-order valence-electron chi connectivity index (χ1n) is 9.60. The molecule has 0 aliphatic heterocycles. The van der Waals surface area contributed by atoms with E-state index in [0.717, 1.165) is 35.6 Å². The molecule has 0 atom stereocenters. The van der Waals surface area contributed by atoms with Gasteiger partial charge in [0.2, 0.25) is 0 Å². The normalized spacial score (nSPS) is 12.1. The number of hydrogen-bond donors (Lipinski definition) is 0. The molecule has 0 amide bonds. The van der Waals surface area contributed by atoms with Crippen LogP contribution >= 0.6 is 27.5 Å². The molecule has 2 aromatic carbocycles. The number of para-hydroxylation sites is 1. The number of benzene rings is 2. The fourth-order valence-corrected chi connectivity index (χ4v) is 5.30. The quantitative estimate of drug-likeness (QED) is 0.302. The summed E-state index contributed by atoms with van der Waals surface area (Å²) in [4.78, 5) is 16.7. The molecule has 2 aromatic heterocycles. The van der Waals surface area contributed by atoms with Gasteiger partial charge < -0.3 is 4.74 Å². The molecule has 0 saturated heterocycles. The van der Waals surface area contributed by atoms with Crippen molar-refractivity contribution in [3.8, 4) is 27.8 Å². The molecule has 0 saturated carbocycles. The predicted molar refractivity (Wildman–Crippen MR) is 125 cm³/mol. The van der Waals surface area contributed by atoms with Gasteiger partial charge in [-0.2, -0.15) is 22.6 Å². The van der Waals surface area contributed by atoms with Gasteiger partial charge in [0.25, 0.3) is 0 Å². The van der Waals surface area contributed by atoms with E-state index in [0.29, 0.717) is 5.56 Å². The maximum Gasteiger partial charge on any atom is 0.418 e. The largest absolute Gasteiger partial charge is 0.464 e. The molecule has 4 rings (SSSR count). The van der Waals surface area contributed by atoms with Gasteiger partial charge in [-0.25, -0.2) is 22.9 Å². The van der Waals surface area contributed by atoms with Crippen LogP contribution in [0.4, 0.5) is 13.2 Å². The van der Waals surface area contributed by atoms with E-state index in [4.69, 9.17) is 4.74 Å². The molecular weight excluding hydrogens is 573 g/mol. The Morgan fingerprint density at radius 1 is 1.14 bits per heavy atom. The van der Waals surface area contributed by atoms with Crippen LogP contribution in [0.2, 0.25) is 0 Å². The summed E-state index contributed by atoms with van der Waals surface area (Å²) in [6.45, 7) is 0. The molecule has 0 bridgehead atoms. The lowest BCUT2D eigenvalue weighted by molar-refractivity contribution is -0.137. The molecule has 0 radical (unpaired) electrons.